The number of methoxy groups -OCH3 is 1. The molecule has 9 heteroatoms. The Labute approximate surface area is 211 Å². The highest BCUT2D eigenvalue weighted by atomic mass is 16.5. The lowest BCUT2D eigenvalue weighted by Crippen LogP contribution is -2.44. The van der Waals surface area contributed by atoms with Crippen LogP contribution in [0.1, 0.15) is 41.4 Å². The van der Waals surface area contributed by atoms with Gasteiger partial charge in [0.25, 0.3) is 5.91 Å². The molecule has 2 fully saturated rings. The van der Waals surface area contributed by atoms with Gasteiger partial charge in [-0.2, -0.15) is 0 Å². The number of nitrogens with two attached hydrogens (primary N) is 1. The van der Waals surface area contributed by atoms with Crippen LogP contribution in [0.15, 0.2) is 30.6 Å². The number of benzene rings is 1. The van der Waals surface area contributed by atoms with Crippen LogP contribution in [0, 0.1) is 11.8 Å². The maximum absolute atomic E-state index is 13.7. The minimum Gasteiger partial charge on any atom is -0.383 e. The topological polar surface area (TPSA) is 102 Å². The van der Waals surface area contributed by atoms with Crippen LogP contribution in [0.3, 0.4) is 0 Å². The van der Waals surface area contributed by atoms with Gasteiger partial charge in [0.2, 0.25) is 0 Å². The molecule has 0 radical (unpaired) electrons. The highest BCUT2D eigenvalue weighted by Gasteiger charge is 2.44. The zero-order valence-corrected chi connectivity index (χ0v) is 21.2. The van der Waals surface area contributed by atoms with Gasteiger partial charge in [-0.05, 0) is 50.4 Å². The Kier molecular flexibility index (Phi) is 6.67. The average Bonchev–Trinajstić information content (AvgIpc) is 3.50. The second-order valence-corrected chi connectivity index (χ2v) is 9.98. The Morgan fingerprint density at radius 2 is 1.89 bits per heavy atom. The van der Waals surface area contributed by atoms with Gasteiger partial charge < -0.3 is 25.3 Å². The summed E-state index contributed by atoms with van der Waals surface area (Å²) in [6.07, 6.45) is 3.45. The van der Waals surface area contributed by atoms with E-state index in [4.69, 9.17) is 10.5 Å². The summed E-state index contributed by atoms with van der Waals surface area (Å²) in [5.41, 5.74) is 9.64. The molecule has 1 saturated heterocycles. The molecule has 1 amide bonds. The van der Waals surface area contributed by atoms with E-state index in [2.05, 4.69) is 55.5 Å². The number of amides is 1. The third-order valence-corrected chi connectivity index (χ3v) is 7.15. The Morgan fingerprint density at radius 3 is 2.56 bits per heavy atom. The summed E-state index contributed by atoms with van der Waals surface area (Å²) in [5, 5.41) is 3.59. The van der Waals surface area contributed by atoms with E-state index < -0.39 is 0 Å². The van der Waals surface area contributed by atoms with E-state index in [0.29, 0.717) is 41.1 Å². The fourth-order valence-electron chi connectivity index (χ4n) is 4.69. The van der Waals surface area contributed by atoms with Crippen molar-refractivity contribution in [3.05, 3.63) is 47.4 Å². The second kappa shape index (κ2) is 9.90. The summed E-state index contributed by atoms with van der Waals surface area (Å²) < 4.78 is 7.29. The Bertz CT molecular complexity index is 1320. The van der Waals surface area contributed by atoms with E-state index in [1.807, 2.05) is 24.3 Å². The minimum atomic E-state index is -0.270. The first kappa shape index (κ1) is 24.3. The first-order valence-corrected chi connectivity index (χ1v) is 12.3. The molecular weight excluding hydrogens is 454 g/mol. The molecule has 1 aliphatic heterocycles. The van der Waals surface area contributed by atoms with Crippen LogP contribution in [-0.4, -0.2) is 77.1 Å². The fraction of sp³-hybridized carbons (Fsp3) is 0.444. The van der Waals surface area contributed by atoms with Crippen LogP contribution in [0.25, 0.3) is 11.0 Å². The number of anilines is 2. The number of hydrogen-bond donors (Lipinski definition) is 2. The van der Waals surface area contributed by atoms with Crippen molar-refractivity contribution in [2.45, 2.75) is 31.9 Å². The molecule has 36 heavy (non-hydrogen) atoms. The van der Waals surface area contributed by atoms with Crippen LogP contribution < -0.4 is 11.1 Å². The van der Waals surface area contributed by atoms with Crippen LogP contribution in [-0.2, 0) is 16.9 Å². The van der Waals surface area contributed by atoms with Gasteiger partial charge in [0, 0.05) is 44.5 Å². The number of carbonyl (C=O) groups excluding carboxylic acids is 1. The smallest absolute Gasteiger partial charge is 0.259 e. The number of fused-ring (bicyclic) bond motifs is 1. The normalized spacial score (nSPS) is 17.5. The van der Waals surface area contributed by atoms with Gasteiger partial charge in [-0.3, -0.25) is 9.69 Å². The molecule has 1 aromatic carbocycles. The molecule has 0 bridgehead atoms. The number of piperazine rings is 1. The molecule has 1 aliphatic carbocycles. The zero-order chi connectivity index (χ0) is 25.3. The van der Waals surface area contributed by atoms with Crippen LogP contribution in [0.5, 0.6) is 0 Å². The average molecular weight is 488 g/mol. The summed E-state index contributed by atoms with van der Waals surface area (Å²) >= 11 is 0. The van der Waals surface area contributed by atoms with Crippen molar-refractivity contribution in [1.29, 1.82) is 0 Å². The van der Waals surface area contributed by atoms with Crippen molar-refractivity contribution >= 4 is 28.4 Å². The molecule has 3 aromatic rings. The largest absolute Gasteiger partial charge is 0.383 e. The number of likely N-dealkylation sites (N-methyl/N-ethyl adjacent to an activating group) is 1. The molecule has 2 aliphatic rings. The Morgan fingerprint density at radius 1 is 1.17 bits per heavy atom. The number of carbonyl (C=O) groups is 1. The first-order chi connectivity index (χ1) is 17.4. The van der Waals surface area contributed by atoms with Gasteiger partial charge >= 0.3 is 0 Å². The molecule has 0 atom stereocenters. The van der Waals surface area contributed by atoms with E-state index in [-0.39, 0.29) is 17.3 Å². The number of nitrogens with zero attached hydrogens (tertiary/aromatic N) is 5. The number of hydrogen-bond acceptors (Lipinski definition) is 7. The lowest BCUT2D eigenvalue weighted by atomic mass is 10.1. The minimum absolute atomic E-state index is 0.142. The maximum Gasteiger partial charge on any atom is 0.259 e. The molecule has 1 saturated carbocycles. The number of aromatic nitrogens is 3. The zero-order valence-electron chi connectivity index (χ0n) is 21.2. The summed E-state index contributed by atoms with van der Waals surface area (Å²) in [5.74, 6) is 6.71. The molecule has 9 nitrogen and oxygen atoms in total. The Balaban J connectivity index is 1.54. The summed E-state index contributed by atoms with van der Waals surface area (Å²) in [6.45, 7) is 7.36. The standard InChI is InChI=1S/C27H33N7O2/c1-27(10-11-27)34-21(5-4-12-33-15-13-32(2)14-16-33)22(23-24(28)29-18-30-25(23)34)26(35)31-20-8-6-19(7-9-20)17-36-3/h6-9,18H,10-17H2,1-3H3,(H,31,35)(H2,28,29,30). The van der Waals surface area contributed by atoms with E-state index in [9.17, 15) is 4.79 Å². The molecule has 0 unspecified atom stereocenters. The van der Waals surface area contributed by atoms with Gasteiger partial charge in [0.15, 0.2) is 0 Å². The molecule has 0 spiro atoms. The maximum atomic E-state index is 13.7. The van der Waals surface area contributed by atoms with E-state index in [1.54, 1.807) is 7.11 Å². The van der Waals surface area contributed by atoms with E-state index in [1.165, 1.54) is 6.33 Å². The Hall–Kier alpha value is -3.45. The highest BCUT2D eigenvalue weighted by molar-refractivity contribution is 6.16. The van der Waals surface area contributed by atoms with Crippen molar-refractivity contribution in [3.8, 4) is 11.8 Å². The number of ether oxygens (including phenoxy) is 1. The monoisotopic (exact) mass is 487 g/mol. The van der Waals surface area contributed by atoms with Crippen molar-refractivity contribution in [2.24, 2.45) is 0 Å². The van der Waals surface area contributed by atoms with Gasteiger partial charge in [-0.25, -0.2) is 9.97 Å². The summed E-state index contributed by atoms with van der Waals surface area (Å²) in [4.78, 5) is 27.1. The molecule has 3 N–H and O–H groups in total. The van der Waals surface area contributed by atoms with Crippen LogP contribution in [0.4, 0.5) is 11.5 Å². The fourth-order valence-corrected chi connectivity index (χ4v) is 4.69. The van der Waals surface area contributed by atoms with E-state index >= 15 is 0 Å². The summed E-state index contributed by atoms with van der Waals surface area (Å²) in [6, 6.07) is 7.60. The molecular formula is C27H33N7O2. The number of nitrogen functional groups attached to an aromatic ring is 1. The van der Waals surface area contributed by atoms with Gasteiger partial charge in [0.05, 0.1) is 24.1 Å². The van der Waals surface area contributed by atoms with Crippen molar-refractivity contribution in [1.82, 2.24) is 24.3 Å². The lowest BCUT2D eigenvalue weighted by Gasteiger charge is -2.30. The molecule has 5 rings (SSSR count). The van der Waals surface area contributed by atoms with Crippen molar-refractivity contribution in [2.75, 3.05) is 57.9 Å². The number of nitrogens with one attached hydrogen (secondary N) is 1. The third kappa shape index (κ3) is 4.80. The second-order valence-electron chi connectivity index (χ2n) is 9.98. The lowest BCUT2D eigenvalue weighted by molar-refractivity contribution is 0.102. The SMILES string of the molecule is COCc1ccc(NC(=O)c2c(C#CCN3CCN(C)CC3)n(C3(C)CC3)c3ncnc(N)c23)cc1. The summed E-state index contributed by atoms with van der Waals surface area (Å²) in [7, 11) is 3.80. The third-order valence-electron chi connectivity index (χ3n) is 7.15. The quantitative estimate of drug-likeness (QED) is 0.515. The highest BCUT2D eigenvalue weighted by Crippen LogP contribution is 2.47. The van der Waals surface area contributed by atoms with Crippen LogP contribution in [0.2, 0.25) is 0 Å². The van der Waals surface area contributed by atoms with Crippen molar-refractivity contribution < 1.29 is 9.53 Å². The molecule has 188 valence electrons. The van der Waals surface area contributed by atoms with E-state index in [0.717, 1.165) is 44.6 Å². The predicted molar refractivity (Wildman–Crippen MR) is 141 cm³/mol. The predicted octanol–water partition coefficient (Wildman–Crippen LogP) is 2.52. The van der Waals surface area contributed by atoms with Gasteiger partial charge in [0.1, 0.15) is 23.5 Å². The number of rotatable bonds is 6. The van der Waals surface area contributed by atoms with Crippen molar-refractivity contribution in [3.63, 3.8) is 0 Å². The van der Waals surface area contributed by atoms with Gasteiger partial charge in [-0.1, -0.05) is 18.1 Å². The molecule has 2 aromatic heterocycles. The van der Waals surface area contributed by atoms with Gasteiger partial charge in [-0.15, -0.1) is 0 Å². The van der Waals surface area contributed by atoms with Crippen LogP contribution >= 0.6 is 0 Å². The molecule has 3 heterocycles. The first-order valence-electron chi connectivity index (χ1n) is 12.3.